The fourth-order valence-corrected chi connectivity index (χ4v) is 2.38. The van der Waals surface area contributed by atoms with Crippen molar-refractivity contribution in [2.75, 3.05) is 13.2 Å². The molecule has 0 aromatic heterocycles. The van der Waals surface area contributed by atoms with Crippen LogP contribution >= 0.6 is 0 Å². The summed E-state index contributed by atoms with van der Waals surface area (Å²) in [5, 5.41) is 3.07. The van der Waals surface area contributed by atoms with E-state index in [1.165, 1.54) is 0 Å². The summed E-state index contributed by atoms with van der Waals surface area (Å²) < 4.78 is 17.3. The zero-order valence-corrected chi connectivity index (χ0v) is 20.1. The largest absolute Gasteiger partial charge is 0.379 e. The highest BCUT2D eigenvalue weighted by Crippen LogP contribution is 2.20. The van der Waals surface area contributed by atoms with E-state index in [2.05, 4.69) is 5.32 Å². The predicted octanol–water partition coefficient (Wildman–Crippen LogP) is 5.11. The first-order chi connectivity index (χ1) is 12.2. The van der Waals surface area contributed by atoms with Gasteiger partial charge in [-0.15, -0.1) is 0 Å². The van der Waals surface area contributed by atoms with Crippen molar-refractivity contribution in [3.8, 4) is 0 Å². The number of nitrogens with one attached hydrogen (secondary N) is 1. The van der Waals surface area contributed by atoms with E-state index >= 15 is 0 Å². The van der Waals surface area contributed by atoms with Gasteiger partial charge in [-0.1, -0.05) is 13.8 Å². The highest BCUT2D eigenvalue weighted by Gasteiger charge is 2.33. The van der Waals surface area contributed by atoms with E-state index < -0.39 is 5.60 Å². The Morgan fingerprint density at radius 3 is 1.81 bits per heavy atom. The van der Waals surface area contributed by atoms with Crippen LogP contribution < -0.4 is 5.32 Å². The maximum atomic E-state index is 12.6. The van der Waals surface area contributed by atoms with E-state index in [1.54, 1.807) is 13.8 Å². The number of ether oxygens (including phenoxy) is 3. The molecule has 0 aliphatic rings. The van der Waals surface area contributed by atoms with Gasteiger partial charge in [0.2, 0.25) is 0 Å². The highest BCUT2D eigenvalue weighted by molar-refractivity contribution is 5.84. The first-order valence-electron chi connectivity index (χ1n) is 10.4. The van der Waals surface area contributed by atoms with Gasteiger partial charge in [-0.2, -0.15) is 0 Å². The number of carbonyl (C=O) groups is 1. The zero-order chi connectivity index (χ0) is 21.9. The van der Waals surface area contributed by atoms with Crippen LogP contribution in [0.25, 0.3) is 0 Å². The average Bonchev–Trinajstić information content (AvgIpc) is 2.46. The molecule has 0 aliphatic heterocycles. The van der Waals surface area contributed by atoms with Gasteiger partial charge in [-0.3, -0.25) is 4.79 Å². The van der Waals surface area contributed by atoms with E-state index in [9.17, 15) is 4.79 Å². The molecule has 0 aliphatic carbocycles. The summed E-state index contributed by atoms with van der Waals surface area (Å²) in [4.78, 5) is 12.6. The quantitative estimate of drug-likeness (QED) is 0.504. The molecule has 0 aromatic rings. The molecule has 164 valence electrons. The van der Waals surface area contributed by atoms with E-state index in [0.29, 0.717) is 13.2 Å². The van der Waals surface area contributed by atoms with Crippen LogP contribution in [0, 0.1) is 0 Å². The summed E-state index contributed by atoms with van der Waals surface area (Å²) in [5.74, 6) is -0.107. The second-order valence-corrected chi connectivity index (χ2v) is 9.04. The van der Waals surface area contributed by atoms with Gasteiger partial charge in [0, 0.05) is 12.1 Å². The van der Waals surface area contributed by atoms with Crippen molar-refractivity contribution in [1.82, 2.24) is 5.32 Å². The van der Waals surface area contributed by atoms with Gasteiger partial charge in [0.25, 0.3) is 5.91 Å². The monoisotopic (exact) mass is 389 g/mol. The van der Waals surface area contributed by atoms with Crippen LogP contribution in [0.4, 0.5) is 0 Å². The summed E-state index contributed by atoms with van der Waals surface area (Å²) in [6.07, 6.45) is 1.85. The average molecular weight is 390 g/mol. The van der Waals surface area contributed by atoms with Crippen molar-refractivity contribution in [3.63, 3.8) is 0 Å². The Balaban J connectivity index is 0. The van der Waals surface area contributed by atoms with E-state index in [4.69, 9.17) is 14.2 Å². The zero-order valence-electron chi connectivity index (χ0n) is 20.1. The fraction of sp³-hybridized carbons (Fsp3) is 0.955. The first-order valence-corrected chi connectivity index (χ1v) is 10.4. The van der Waals surface area contributed by atoms with Gasteiger partial charge in [0.15, 0.2) is 0 Å². The second kappa shape index (κ2) is 12.7. The Labute approximate surface area is 168 Å². The van der Waals surface area contributed by atoms with Crippen LogP contribution in [0.1, 0.15) is 95.9 Å². The normalized spacial score (nSPS) is 12.8. The molecule has 0 atom stereocenters. The summed E-state index contributed by atoms with van der Waals surface area (Å²) in [6.45, 7) is 24.8. The molecular formula is C22H47NO4. The van der Waals surface area contributed by atoms with Gasteiger partial charge in [0.1, 0.15) is 5.60 Å². The topological polar surface area (TPSA) is 56.8 Å². The molecule has 0 spiro atoms. The molecular weight excluding hydrogens is 342 g/mol. The van der Waals surface area contributed by atoms with Crippen LogP contribution in [0.5, 0.6) is 0 Å². The maximum absolute atomic E-state index is 12.6. The third kappa shape index (κ3) is 15.0. The van der Waals surface area contributed by atoms with Crippen LogP contribution in [0.15, 0.2) is 0 Å². The molecule has 0 saturated heterocycles. The van der Waals surface area contributed by atoms with E-state index in [0.717, 1.165) is 12.8 Å². The molecule has 0 unspecified atom stereocenters. The molecule has 0 bridgehead atoms. The van der Waals surface area contributed by atoms with Crippen LogP contribution in [-0.2, 0) is 19.0 Å². The number of hydrogen-bond donors (Lipinski definition) is 1. The molecule has 0 fully saturated rings. The summed E-state index contributed by atoms with van der Waals surface area (Å²) >= 11 is 0. The van der Waals surface area contributed by atoms with Gasteiger partial charge in [-0.05, 0) is 82.1 Å². The molecule has 0 aromatic carbocycles. The molecule has 0 rings (SSSR count). The van der Waals surface area contributed by atoms with Crippen molar-refractivity contribution < 1.29 is 19.0 Å². The van der Waals surface area contributed by atoms with Gasteiger partial charge in [0.05, 0.1) is 24.4 Å². The summed E-state index contributed by atoms with van der Waals surface area (Å²) in [7, 11) is 0. The first kappa shape index (κ1) is 28.6. The third-order valence-corrected chi connectivity index (χ3v) is 3.90. The minimum Gasteiger partial charge on any atom is -0.379 e. The molecule has 5 heteroatoms. The van der Waals surface area contributed by atoms with Crippen molar-refractivity contribution in [2.45, 2.75) is 125 Å². The smallest absolute Gasteiger partial charge is 0.252 e. The van der Waals surface area contributed by atoms with Crippen LogP contribution in [-0.4, -0.2) is 48.1 Å². The lowest BCUT2D eigenvalue weighted by molar-refractivity contribution is -0.148. The Morgan fingerprint density at radius 1 is 0.852 bits per heavy atom. The number of hydrogen-bond acceptors (Lipinski definition) is 4. The molecule has 0 radical (unpaired) electrons. The predicted molar refractivity (Wildman–Crippen MR) is 114 cm³/mol. The fourth-order valence-electron chi connectivity index (χ4n) is 2.38. The van der Waals surface area contributed by atoms with Crippen molar-refractivity contribution >= 4 is 5.91 Å². The standard InChI is InChI=1S/C20H41NO4.C2H6/c1-15(2)23-13-11-18(5,6)21-17(22)20(9,10)24-14-12-19(7,8)25-16(3)4;1-2/h15-16H,11-14H2,1-10H3,(H,21,22);1-2H3. The third-order valence-electron chi connectivity index (χ3n) is 3.90. The minimum absolute atomic E-state index is 0.107. The minimum atomic E-state index is -0.885. The van der Waals surface area contributed by atoms with Crippen molar-refractivity contribution in [3.05, 3.63) is 0 Å². The van der Waals surface area contributed by atoms with Crippen LogP contribution in [0.2, 0.25) is 0 Å². The van der Waals surface area contributed by atoms with Crippen molar-refractivity contribution in [2.24, 2.45) is 0 Å². The van der Waals surface area contributed by atoms with Gasteiger partial charge < -0.3 is 19.5 Å². The number of carbonyl (C=O) groups excluding carboxylic acids is 1. The molecule has 5 nitrogen and oxygen atoms in total. The van der Waals surface area contributed by atoms with Gasteiger partial charge >= 0.3 is 0 Å². The Kier molecular flexibility index (Phi) is 13.5. The molecule has 0 saturated carbocycles. The molecule has 27 heavy (non-hydrogen) atoms. The Hall–Kier alpha value is -0.650. The van der Waals surface area contributed by atoms with E-state index in [-0.39, 0.29) is 29.3 Å². The van der Waals surface area contributed by atoms with E-state index in [1.807, 2.05) is 69.2 Å². The molecule has 0 heterocycles. The maximum Gasteiger partial charge on any atom is 0.252 e. The lowest BCUT2D eigenvalue weighted by Crippen LogP contribution is -2.53. The van der Waals surface area contributed by atoms with Crippen molar-refractivity contribution in [1.29, 1.82) is 0 Å². The SMILES string of the molecule is CC.CC(C)OCCC(C)(C)NC(=O)C(C)(C)OCCC(C)(C)OC(C)C. The Bertz CT molecular complexity index is 401. The molecule has 1 amide bonds. The second-order valence-electron chi connectivity index (χ2n) is 9.04. The number of rotatable bonds is 12. The molecule has 1 N–H and O–H groups in total. The van der Waals surface area contributed by atoms with Crippen LogP contribution in [0.3, 0.4) is 0 Å². The summed E-state index contributed by atoms with van der Waals surface area (Å²) in [5.41, 5.74) is -1.50. The lowest BCUT2D eigenvalue weighted by atomic mass is 9.98. The number of amides is 1. The Morgan fingerprint density at radius 2 is 1.37 bits per heavy atom. The highest BCUT2D eigenvalue weighted by atomic mass is 16.5. The van der Waals surface area contributed by atoms with Gasteiger partial charge in [-0.25, -0.2) is 0 Å². The summed E-state index contributed by atoms with van der Waals surface area (Å²) in [6, 6.07) is 0. The lowest BCUT2D eigenvalue weighted by Gasteiger charge is -2.33.